The van der Waals surface area contributed by atoms with Crippen LogP contribution in [-0.4, -0.2) is 21.5 Å². The predicted octanol–water partition coefficient (Wildman–Crippen LogP) is 4.00. The number of hydrogen-bond acceptors (Lipinski definition) is 4. The number of hydrogen-bond donors (Lipinski definition) is 1. The van der Waals surface area contributed by atoms with Gasteiger partial charge in [0.05, 0.1) is 16.6 Å². The Labute approximate surface area is 134 Å². The summed E-state index contributed by atoms with van der Waals surface area (Å²) in [5.41, 5.74) is 2.06. The van der Waals surface area contributed by atoms with Crippen LogP contribution in [0.5, 0.6) is 0 Å². The van der Waals surface area contributed by atoms with E-state index < -0.39 is 0 Å². The van der Waals surface area contributed by atoms with E-state index in [2.05, 4.69) is 50.0 Å². The summed E-state index contributed by atoms with van der Waals surface area (Å²) < 4.78 is 0.988. The lowest BCUT2D eigenvalue weighted by molar-refractivity contribution is 0.825. The summed E-state index contributed by atoms with van der Waals surface area (Å²) in [5.74, 6) is 1.71. The summed E-state index contributed by atoms with van der Waals surface area (Å²) in [6.45, 7) is 5.21. The van der Waals surface area contributed by atoms with Gasteiger partial charge in [-0.25, -0.2) is 9.97 Å². The van der Waals surface area contributed by atoms with Crippen LogP contribution in [0, 0.1) is 0 Å². The third kappa shape index (κ3) is 4.49. The van der Waals surface area contributed by atoms with Crippen molar-refractivity contribution in [2.24, 2.45) is 0 Å². The molecule has 0 aliphatic heterocycles. The highest BCUT2D eigenvalue weighted by Crippen LogP contribution is 2.25. The van der Waals surface area contributed by atoms with E-state index >= 15 is 0 Å². The summed E-state index contributed by atoms with van der Waals surface area (Å²) in [6.07, 6.45) is 5.53. The highest BCUT2D eigenvalue weighted by molar-refractivity contribution is 9.10. The van der Waals surface area contributed by atoms with Crippen molar-refractivity contribution in [2.75, 3.05) is 11.9 Å². The van der Waals surface area contributed by atoms with Crippen LogP contribution in [0.3, 0.4) is 0 Å². The lowest BCUT2D eigenvalue weighted by Gasteiger charge is -2.12. The van der Waals surface area contributed by atoms with E-state index in [4.69, 9.17) is 0 Å². The molecule has 0 bridgehead atoms. The highest BCUT2D eigenvalue weighted by Gasteiger charge is 2.12. The fourth-order valence-electron chi connectivity index (χ4n) is 2.05. The first-order valence-electron chi connectivity index (χ1n) is 7.43. The second-order valence-electron chi connectivity index (χ2n) is 4.92. The fraction of sp³-hybridized carbons (Fsp3) is 0.438. The molecule has 2 aromatic heterocycles. The quantitative estimate of drug-likeness (QED) is 0.821. The second-order valence-corrected chi connectivity index (χ2v) is 5.72. The molecular formula is C16H21BrN4. The fourth-order valence-corrected chi connectivity index (χ4v) is 2.57. The Bertz CT molecular complexity index is 572. The Balaban J connectivity index is 2.29. The smallest absolute Gasteiger partial charge is 0.144 e. The molecule has 2 aromatic rings. The van der Waals surface area contributed by atoms with E-state index in [1.807, 2.05) is 18.2 Å². The van der Waals surface area contributed by atoms with Gasteiger partial charge in [-0.05, 0) is 40.9 Å². The monoisotopic (exact) mass is 348 g/mol. The number of aromatic nitrogens is 3. The lowest BCUT2D eigenvalue weighted by atomic mass is 10.2. The maximum absolute atomic E-state index is 4.69. The Morgan fingerprint density at radius 2 is 2.00 bits per heavy atom. The summed E-state index contributed by atoms with van der Waals surface area (Å²) in [6, 6.07) is 5.91. The van der Waals surface area contributed by atoms with Crippen LogP contribution < -0.4 is 5.32 Å². The van der Waals surface area contributed by atoms with Crippen molar-refractivity contribution in [1.29, 1.82) is 0 Å². The minimum absolute atomic E-state index is 0.658. The molecule has 0 saturated carbocycles. The number of nitrogens with one attached hydrogen (secondary N) is 1. The van der Waals surface area contributed by atoms with Gasteiger partial charge in [0.2, 0.25) is 0 Å². The molecule has 0 amide bonds. The number of anilines is 1. The molecule has 21 heavy (non-hydrogen) atoms. The van der Waals surface area contributed by atoms with E-state index in [1.165, 1.54) is 0 Å². The topological polar surface area (TPSA) is 50.7 Å². The van der Waals surface area contributed by atoms with Crippen LogP contribution in [0.15, 0.2) is 28.9 Å². The highest BCUT2D eigenvalue weighted by atomic mass is 79.9. The molecule has 0 aromatic carbocycles. The van der Waals surface area contributed by atoms with Crippen LogP contribution in [0.4, 0.5) is 5.82 Å². The third-order valence-corrected chi connectivity index (χ3v) is 3.89. The molecule has 0 spiro atoms. The van der Waals surface area contributed by atoms with Crippen molar-refractivity contribution in [2.45, 2.75) is 39.5 Å². The zero-order valence-electron chi connectivity index (χ0n) is 12.6. The van der Waals surface area contributed by atoms with Crippen LogP contribution in [0.2, 0.25) is 0 Å². The van der Waals surface area contributed by atoms with Gasteiger partial charge in [-0.15, -0.1) is 0 Å². The minimum Gasteiger partial charge on any atom is -0.369 e. The van der Waals surface area contributed by atoms with Crippen LogP contribution in [0.25, 0.3) is 0 Å². The molecule has 0 atom stereocenters. The molecule has 4 nitrogen and oxygen atoms in total. The van der Waals surface area contributed by atoms with Crippen molar-refractivity contribution < 1.29 is 0 Å². The largest absolute Gasteiger partial charge is 0.369 e. The summed E-state index contributed by atoms with van der Waals surface area (Å²) in [5, 5.41) is 3.37. The molecule has 2 rings (SSSR count). The zero-order valence-corrected chi connectivity index (χ0v) is 14.2. The lowest BCUT2D eigenvalue weighted by Crippen LogP contribution is -2.10. The summed E-state index contributed by atoms with van der Waals surface area (Å²) in [4.78, 5) is 13.7. The number of halogens is 1. The average Bonchev–Trinajstić information content (AvgIpc) is 2.50. The Hall–Kier alpha value is -1.49. The molecule has 5 heteroatoms. The summed E-state index contributed by atoms with van der Waals surface area (Å²) >= 11 is 3.63. The molecule has 1 N–H and O–H groups in total. The van der Waals surface area contributed by atoms with E-state index in [9.17, 15) is 0 Å². The summed E-state index contributed by atoms with van der Waals surface area (Å²) in [7, 11) is 0. The van der Waals surface area contributed by atoms with Gasteiger partial charge in [0, 0.05) is 18.4 Å². The van der Waals surface area contributed by atoms with Crippen molar-refractivity contribution in [3.8, 4) is 0 Å². The molecule has 0 aliphatic carbocycles. The predicted molar refractivity (Wildman–Crippen MR) is 89.6 cm³/mol. The number of rotatable bonds is 7. The number of aryl methyl sites for hydroxylation is 1. The van der Waals surface area contributed by atoms with E-state index in [0.29, 0.717) is 6.42 Å². The normalized spacial score (nSPS) is 10.6. The molecule has 0 radical (unpaired) electrons. The van der Waals surface area contributed by atoms with Gasteiger partial charge in [-0.3, -0.25) is 4.98 Å². The van der Waals surface area contributed by atoms with Gasteiger partial charge in [0.25, 0.3) is 0 Å². The maximum atomic E-state index is 4.69. The molecule has 0 unspecified atom stereocenters. The van der Waals surface area contributed by atoms with Gasteiger partial charge in [0.15, 0.2) is 0 Å². The standard InChI is InChI=1S/C16H21BrN4/c1-3-7-13-15(17)16(19-9-4-2)21-14(20-13)11-12-8-5-6-10-18-12/h5-6,8,10H,3-4,7,9,11H2,1-2H3,(H,19,20,21). The first-order valence-corrected chi connectivity index (χ1v) is 8.23. The van der Waals surface area contributed by atoms with Gasteiger partial charge in [-0.2, -0.15) is 0 Å². The van der Waals surface area contributed by atoms with E-state index in [0.717, 1.165) is 53.3 Å². The Kier molecular flexibility index (Phi) is 6.11. The van der Waals surface area contributed by atoms with Gasteiger partial charge >= 0.3 is 0 Å². The van der Waals surface area contributed by atoms with Gasteiger partial charge in [-0.1, -0.05) is 26.3 Å². The molecule has 0 fully saturated rings. The zero-order chi connectivity index (χ0) is 15.1. The van der Waals surface area contributed by atoms with Crippen LogP contribution >= 0.6 is 15.9 Å². The van der Waals surface area contributed by atoms with E-state index in [-0.39, 0.29) is 0 Å². The Morgan fingerprint density at radius 3 is 2.67 bits per heavy atom. The van der Waals surface area contributed by atoms with Crippen LogP contribution in [0.1, 0.15) is 43.9 Å². The van der Waals surface area contributed by atoms with Crippen molar-refractivity contribution >= 4 is 21.7 Å². The average molecular weight is 349 g/mol. The number of pyridine rings is 1. The molecule has 0 aliphatic rings. The first kappa shape index (κ1) is 15.9. The van der Waals surface area contributed by atoms with Crippen molar-refractivity contribution in [1.82, 2.24) is 15.0 Å². The van der Waals surface area contributed by atoms with Crippen molar-refractivity contribution in [3.63, 3.8) is 0 Å². The Morgan fingerprint density at radius 1 is 1.14 bits per heavy atom. The molecule has 2 heterocycles. The maximum Gasteiger partial charge on any atom is 0.144 e. The van der Waals surface area contributed by atoms with Crippen molar-refractivity contribution in [3.05, 3.63) is 46.1 Å². The van der Waals surface area contributed by atoms with Crippen LogP contribution in [-0.2, 0) is 12.8 Å². The van der Waals surface area contributed by atoms with Gasteiger partial charge < -0.3 is 5.32 Å². The second kappa shape index (κ2) is 8.08. The molecule has 112 valence electrons. The van der Waals surface area contributed by atoms with E-state index in [1.54, 1.807) is 6.20 Å². The molecule has 0 saturated heterocycles. The van der Waals surface area contributed by atoms with Gasteiger partial charge in [0.1, 0.15) is 11.6 Å². The first-order chi connectivity index (χ1) is 10.2. The third-order valence-electron chi connectivity index (χ3n) is 3.06. The molecular weight excluding hydrogens is 328 g/mol. The number of nitrogens with zero attached hydrogens (tertiary/aromatic N) is 3. The minimum atomic E-state index is 0.658. The SMILES string of the molecule is CCCNc1nc(Cc2ccccn2)nc(CCC)c1Br.